The van der Waals surface area contributed by atoms with Crippen LogP contribution < -0.4 is 4.74 Å². The Morgan fingerprint density at radius 1 is 1.39 bits per heavy atom. The van der Waals surface area contributed by atoms with Crippen molar-refractivity contribution in [2.24, 2.45) is 5.92 Å². The minimum absolute atomic E-state index is 0.534. The third-order valence-electron chi connectivity index (χ3n) is 4.21. The van der Waals surface area contributed by atoms with Gasteiger partial charge in [-0.2, -0.15) is 0 Å². The molecule has 0 heterocycles. The summed E-state index contributed by atoms with van der Waals surface area (Å²) in [6, 6.07) is 8.02. The molecule has 0 spiro atoms. The van der Waals surface area contributed by atoms with E-state index in [-0.39, 0.29) is 0 Å². The van der Waals surface area contributed by atoms with Crippen LogP contribution in [0.1, 0.15) is 44.6 Å². The minimum Gasteiger partial charge on any atom is -0.496 e. The highest BCUT2D eigenvalue weighted by molar-refractivity contribution is 5.34. The van der Waals surface area contributed by atoms with Gasteiger partial charge in [-0.25, -0.2) is 0 Å². The Bertz CT molecular complexity index is 388. The van der Waals surface area contributed by atoms with Gasteiger partial charge in [-0.3, -0.25) is 0 Å². The van der Waals surface area contributed by atoms with E-state index in [2.05, 4.69) is 13.0 Å². The summed E-state index contributed by atoms with van der Waals surface area (Å²) in [5.74, 6) is 1.57. The molecule has 0 bridgehead atoms. The van der Waals surface area contributed by atoms with Crippen LogP contribution in [0, 0.1) is 5.92 Å². The molecule has 0 radical (unpaired) electrons. The maximum atomic E-state index is 10.8. The van der Waals surface area contributed by atoms with E-state index in [4.69, 9.17) is 4.74 Å². The quantitative estimate of drug-likeness (QED) is 0.882. The van der Waals surface area contributed by atoms with E-state index in [1.807, 2.05) is 18.2 Å². The summed E-state index contributed by atoms with van der Waals surface area (Å²) in [5, 5.41) is 10.8. The van der Waals surface area contributed by atoms with Crippen LogP contribution in [0.15, 0.2) is 24.3 Å². The van der Waals surface area contributed by atoms with E-state index in [0.29, 0.717) is 12.3 Å². The highest BCUT2D eigenvalue weighted by Gasteiger charge is 2.34. The fourth-order valence-corrected chi connectivity index (χ4v) is 3.17. The van der Waals surface area contributed by atoms with Gasteiger partial charge in [0.1, 0.15) is 5.75 Å². The van der Waals surface area contributed by atoms with Crippen molar-refractivity contribution in [1.29, 1.82) is 0 Å². The monoisotopic (exact) mass is 248 g/mol. The smallest absolute Gasteiger partial charge is 0.122 e. The Labute approximate surface area is 110 Å². The summed E-state index contributed by atoms with van der Waals surface area (Å²) in [5.41, 5.74) is 0.590. The van der Waals surface area contributed by atoms with Crippen molar-refractivity contribution in [1.82, 2.24) is 0 Å². The number of rotatable bonds is 4. The molecule has 2 unspecified atom stereocenters. The van der Waals surface area contributed by atoms with E-state index in [0.717, 1.165) is 30.6 Å². The summed E-state index contributed by atoms with van der Waals surface area (Å²) < 4.78 is 5.37. The highest BCUT2D eigenvalue weighted by Crippen LogP contribution is 2.37. The first-order valence-corrected chi connectivity index (χ1v) is 7.01. The first-order chi connectivity index (χ1) is 8.67. The van der Waals surface area contributed by atoms with E-state index in [1.54, 1.807) is 7.11 Å². The molecule has 1 saturated carbocycles. The third kappa shape index (κ3) is 3.05. The number of para-hydroxylation sites is 1. The summed E-state index contributed by atoms with van der Waals surface area (Å²) in [6.07, 6.45) is 6.15. The Morgan fingerprint density at radius 3 is 2.89 bits per heavy atom. The lowest BCUT2D eigenvalue weighted by Gasteiger charge is -2.37. The Morgan fingerprint density at radius 2 is 2.17 bits per heavy atom. The fraction of sp³-hybridized carbons (Fsp3) is 0.625. The topological polar surface area (TPSA) is 29.5 Å². The Hall–Kier alpha value is -1.02. The van der Waals surface area contributed by atoms with Crippen molar-refractivity contribution in [3.63, 3.8) is 0 Å². The number of methoxy groups -OCH3 is 1. The molecule has 18 heavy (non-hydrogen) atoms. The zero-order chi connectivity index (χ0) is 13.0. The molecule has 1 aromatic carbocycles. The lowest BCUT2D eigenvalue weighted by atomic mass is 9.74. The number of benzene rings is 1. The van der Waals surface area contributed by atoms with Crippen LogP contribution in [0.5, 0.6) is 5.75 Å². The molecule has 1 N–H and O–H groups in total. The molecule has 2 nitrogen and oxygen atoms in total. The van der Waals surface area contributed by atoms with Gasteiger partial charge >= 0.3 is 0 Å². The second-order valence-corrected chi connectivity index (χ2v) is 5.58. The van der Waals surface area contributed by atoms with Crippen LogP contribution in [-0.2, 0) is 6.42 Å². The van der Waals surface area contributed by atoms with Crippen molar-refractivity contribution in [3.05, 3.63) is 29.8 Å². The molecule has 0 amide bonds. The summed E-state index contributed by atoms with van der Waals surface area (Å²) in [7, 11) is 1.69. The number of hydrogen-bond donors (Lipinski definition) is 1. The van der Waals surface area contributed by atoms with Gasteiger partial charge in [0.25, 0.3) is 0 Å². The molecule has 1 fully saturated rings. The highest BCUT2D eigenvalue weighted by atomic mass is 16.5. The SMILES string of the molecule is CCC1CCCC(O)(Cc2ccccc2OC)C1. The van der Waals surface area contributed by atoms with Crippen molar-refractivity contribution in [3.8, 4) is 5.75 Å². The molecule has 2 heteroatoms. The van der Waals surface area contributed by atoms with E-state index in [9.17, 15) is 5.11 Å². The van der Waals surface area contributed by atoms with Gasteiger partial charge in [0.05, 0.1) is 12.7 Å². The average molecular weight is 248 g/mol. The van der Waals surface area contributed by atoms with Gasteiger partial charge in [0, 0.05) is 6.42 Å². The number of hydrogen-bond acceptors (Lipinski definition) is 2. The van der Waals surface area contributed by atoms with Gasteiger partial charge in [0.2, 0.25) is 0 Å². The van der Waals surface area contributed by atoms with Gasteiger partial charge in [-0.05, 0) is 30.4 Å². The normalized spacial score (nSPS) is 28.1. The van der Waals surface area contributed by atoms with Gasteiger partial charge in [0.15, 0.2) is 0 Å². The Balaban J connectivity index is 2.11. The molecule has 100 valence electrons. The minimum atomic E-state index is -0.534. The molecule has 1 aliphatic carbocycles. The van der Waals surface area contributed by atoms with Crippen molar-refractivity contribution >= 4 is 0 Å². The zero-order valence-electron chi connectivity index (χ0n) is 11.5. The molecular weight excluding hydrogens is 224 g/mol. The molecule has 2 rings (SSSR count). The van der Waals surface area contributed by atoms with Crippen LogP contribution in [0.25, 0.3) is 0 Å². The first-order valence-electron chi connectivity index (χ1n) is 7.01. The lowest BCUT2D eigenvalue weighted by molar-refractivity contribution is -0.0165. The summed E-state index contributed by atoms with van der Waals surface area (Å²) in [4.78, 5) is 0. The average Bonchev–Trinajstić information content (AvgIpc) is 2.39. The molecule has 1 aromatic rings. The number of aliphatic hydroxyl groups is 1. The van der Waals surface area contributed by atoms with Crippen LogP contribution in [0.3, 0.4) is 0 Å². The number of ether oxygens (including phenoxy) is 1. The predicted molar refractivity (Wildman–Crippen MR) is 73.9 cm³/mol. The van der Waals surface area contributed by atoms with Crippen molar-refractivity contribution in [2.75, 3.05) is 7.11 Å². The van der Waals surface area contributed by atoms with Crippen molar-refractivity contribution < 1.29 is 9.84 Å². The molecule has 0 saturated heterocycles. The van der Waals surface area contributed by atoms with Crippen LogP contribution in [0.4, 0.5) is 0 Å². The molecule has 1 aliphatic rings. The maximum Gasteiger partial charge on any atom is 0.122 e. The first kappa shape index (κ1) is 13.4. The van der Waals surface area contributed by atoms with Gasteiger partial charge in [-0.15, -0.1) is 0 Å². The largest absolute Gasteiger partial charge is 0.496 e. The standard InChI is InChI=1S/C16H24O2/c1-3-13-7-6-10-16(17,11-13)12-14-8-4-5-9-15(14)18-2/h4-5,8-9,13,17H,3,6-7,10-12H2,1-2H3. The predicted octanol–water partition coefficient (Wildman–Crippen LogP) is 3.57. The molecule has 0 aliphatic heterocycles. The second-order valence-electron chi connectivity index (χ2n) is 5.58. The van der Waals surface area contributed by atoms with E-state index < -0.39 is 5.60 Å². The van der Waals surface area contributed by atoms with Crippen LogP contribution in [-0.4, -0.2) is 17.8 Å². The second kappa shape index (κ2) is 5.75. The van der Waals surface area contributed by atoms with Gasteiger partial charge < -0.3 is 9.84 Å². The molecule has 0 aromatic heterocycles. The van der Waals surface area contributed by atoms with E-state index in [1.165, 1.54) is 12.8 Å². The summed E-state index contributed by atoms with van der Waals surface area (Å²) >= 11 is 0. The van der Waals surface area contributed by atoms with E-state index >= 15 is 0 Å². The van der Waals surface area contributed by atoms with Crippen LogP contribution in [0.2, 0.25) is 0 Å². The van der Waals surface area contributed by atoms with Gasteiger partial charge in [-0.1, -0.05) is 44.4 Å². The zero-order valence-corrected chi connectivity index (χ0v) is 11.5. The molecule has 2 atom stereocenters. The third-order valence-corrected chi connectivity index (χ3v) is 4.21. The fourth-order valence-electron chi connectivity index (χ4n) is 3.17. The van der Waals surface area contributed by atoms with Crippen LogP contribution >= 0.6 is 0 Å². The Kier molecular flexibility index (Phi) is 4.28. The summed E-state index contributed by atoms with van der Waals surface area (Å²) in [6.45, 7) is 2.22. The lowest BCUT2D eigenvalue weighted by Crippen LogP contribution is -2.37. The maximum absolute atomic E-state index is 10.8. The van der Waals surface area contributed by atoms with Crippen molar-refractivity contribution in [2.45, 2.75) is 51.0 Å². The molecular formula is C16H24O2.